The fourth-order valence-corrected chi connectivity index (χ4v) is 1.91. The largest absolute Gasteiger partial charge is 0.358 e. The van der Waals surface area contributed by atoms with Crippen molar-refractivity contribution < 1.29 is 0 Å². The minimum Gasteiger partial charge on any atom is -0.358 e. The maximum Gasteiger partial charge on any atom is 0.0456 e. The molecule has 1 nitrogen and oxygen atoms in total. The lowest BCUT2D eigenvalue weighted by Crippen LogP contribution is -1.86. The van der Waals surface area contributed by atoms with Crippen LogP contribution in [-0.4, -0.2) is 4.98 Å². The van der Waals surface area contributed by atoms with E-state index in [9.17, 15) is 0 Å². The van der Waals surface area contributed by atoms with Gasteiger partial charge in [0.25, 0.3) is 0 Å². The van der Waals surface area contributed by atoms with Gasteiger partial charge in [-0.15, -0.1) is 0 Å². The molecule has 0 aliphatic heterocycles. The number of aromatic nitrogens is 1. The van der Waals surface area contributed by atoms with Gasteiger partial charge in [0.05, 0.1) is 0 Å². The van der Waals surface area contributed by atoms with Gasteiger partial charge in [-0.05, 0) is 58.3 Å². The molecule has 0 unspecified atom stereocenters. The summed E-state index contributed by atoms with van der Waals surface area (Å²) in [6.45, 7) is 4.40. The molecule has 0 saturated carbocycles. The van der Waals surface area contributed by atoms with Gasteiger partial charge >= 0.3 is 0 Å². The molecule has 78 valence electrons. The van der Waals surface area contributed by atoms with Crippen molar-refractivity contribution in [1.82, 2.24) is 4.98 Å². The first kappa shape index (κ1) is 10.7. The van der Waals surface area contributed by atoms with Crippen LogP contribution in [0.3, 0.4) is 0 Å². The second kappa shape index (κ2) is 4.39. The van der Waals surface area contributed by atoms with Gasteiger partial charge in [-0.3, -0.25) is 0 Å². The van der Waals surface area contributed by atoms with Crippen molar-refractivity contribution in [1.29, 1.82) is 0 Å². The van der Waals surface area contributed by atoms with Crippen molar-refractivity contribution in [3.63, 3.8) is 0 Å². The predicted octanol–water partition coefficient (Wildman–Crippen LogP) is 4.41. The summed E-state index contributed by atoms with van der Waals surface area (Å²) in [5, 5.41) is 0. The van der Waals surface area contributed by atoms with Crippen LogP contribution < -0.4 is 0 Å². The molecule has 1 aromatic carbocycles. The molecule has 2 aromatic rings. The Balaban J connectivity index is 2.33. The van der Waals surface area contributed by atoms with Crippen LogP contribution in [0.1, 0.15) is 25.5 Å². The van der Waals surface area contributed by atoms with Gasteiger partial charge in [-0.2, -0.15) is 0 Å². The highest BCUT2D eigenvalue weighted by molar-refractivity contribution is 14.1. The average molecular weight is 311 g/mol. The summed E-state index contributed by atoms with van der Waals surface area (Å²) in [7, 11) is 0. The van der Waals surface area contributed by atoms with Gasteiger partial charge in [0.15, 0.2) is 0 Å². The first-order valence-corrected chi connectivity index (χ1v) is 6.19. The quantitative estimate of drug-likeness (QED) is 0.791. The minimum absolute atomic E-state index is 0.558. The van der Waals surface area contributed by atoms with Crippen LogP contribution in [0.4, 0.5) is 0 Å². The molecule has 1 heterocycles. The number of hydrogen-bond acceptors (Lipinski definition) is 0. The molecule has 0 amide bonds. The average Bonchev–Trinajstić information content (AvgIpc) is 2.68. The van der Waals surface area contributed by atoms with E-state index in [-0.39, 0.29) is 0 Å². The van der Waals surface area contributed by atoms with Crippen molar-refractivity contribution in [2.75, 3.05) is 0 Å². The summed E-state index contributed by atoms with van der Waals surface area (Å²) < 4.78 is 1.27. The Hall–Kier alpha value is -0.770. The van der Waals surface area contributed by atoms with E-state index in [4.69, 9.17) is 0 Å². The Labute approximate surface area is 104 Å². The van der Waals surface area contributed by atoms with Crippen LogP contribution in [-0.2, 0) is 0 Å². The number of nitrogens with one attached hydrogen (secondary N) is 1. The molecule has 2 rings (SSSR count). The van der Waals surface area contributed by atoms with E-state index in [0.29, 0.717) is 5.92 Å². The monoisotopic (exact) mass is 311 g/mol. The molecular formula is C13H14IN. The van der Waals surface area contributed by atoms with Crippen LogP contribution in [0.25, 0.3) is 11.3 Å². The van der Waals surface area contributed by atoms with Crippen LogP contribution >= 0.6 is 22.6 Å². The molecule has 0 spiro atoms. The number of aromatic amines is 1. The highest BCUT2D eigenvalue weighted by Gasteiger charge is 2.03. The van der Waals surface area contributed by atoms with E-state index >= 15 is 0 Å². The normalized spacial score (nSPS) is 10.9. The van der Waals surface area contributed by atoms with Crippen LogP contribution in [0.15, 0.2) is 36.4 Å². The number of benzene rings is 1. The Bertz CT molecular complexity index is 440. The Morgan fingerprint density at radius 2 is 1.67 bits per heavy atom. The van der Waals surface area contributed by atoms with Crippen molar-refractivity contribution >= 4 is 22.6 Å². The van der Waals surface area contributed by atoms with Gasteiger partial charge in [-0.1, -0.05) is 26.0 Å². The fraction of sp³-hybridized carbons (Fsp3) is 0.231. The van der Waals surface area contributed by atoms with Crippen LogP contribution in [0, 0.1) is 3.57 Å². The van der Waals surface area contributed by atoms with E-state index in [1.165, 1.54) is 20.5 Å². The Kier molecular flexibility index (Phi) is 3.14. The second-order valence-electron chi connectivity index (χ2n) is 3.99. The summed E-state index contributed by atoms with van der Waals surface area (Å²) in [6, 6.07) is 12.9. The minimum atomic E-state index is 0.558. The van der Waals surface area contributed by atoms with Gasteiger partial charge in [0.2, 0.25) is 0 Å². The highest BCUT2D eigenvalue weighted by atomic mass is 127. The molecule has 1 N–H and O–H groups in total. The third-order valence-corrected chi connectivity index (χ3v) is 3.20. The van der Waals surface area contributed by atoms with E-state index in [1.807, 2.05) is 0 Å². The molecule has 1 aromatic heterocycles. The van der Waals surface area contributed by atoms with E-state index in [1.54, 1.807) is 0 Å². The molecule has 0 aliphatic carbocycles. The lowest BCUT2D eigenvalue weighted by Gasteiger charge is -2.01. The van der Waals surface area contributed by atoms with Crippen molar-refractivity contribution in [3.05, 3.63) is 45.7 Å². The van der Waals surface area contributed by atoms with Crippen molar-refractivity contribution in [3.8, 4) is 11.3 Å². The van der Waals surface area contributed by atoms with Crippen molar-refractivity contribution in [2.45, 2.75) is 19.8 Å². The first-order chi connectivity index (χ1) is 7.16. The fourth-order valence-electron chi connectivity index (χ4n) is 1.55. The molecule has 0 aliphatic rings. The summed E-state index contributed by atoms with van der Waals surface area (Å²) in [4.78, 5) is 3.45. The smallest absolute Gasteiger partial charge is 0.0456 e. The van der Waals surface area contributed by atoms with Gasteiger partial charge in [0, 0.05) is 15.0 Å². The summed E-state index contributed by atoms with van der Waals surface area (Å²) in [6.07, 6.45) is 0. The summed E-state index contributed by atoms with van der Waals surface area (Å²) in [5.41, 5.74) is 3.75. The Morgan fingerprint density at radius 1 is 1.00 bits per heavy atom. The number of hydrogen-bond donors (Lipinski definition) is 1. The number of rotatable bonds is 2. The molecular weight excluding hydrogens is 297 g/mol. The lowest BCUT2D eigenvalue weighted by molar-refractivity contribution is 0.834. The topological polar surface area (TPSA) is 15.8 Å². The zero-order valence-electron chi connectivity index (χ0n) is 8.92. The molecule has 0 fully saturated rings. The third kappa shape index (κ3) is 2.43. The molecule has 0 bridgehead atoms. The third-order valence-electron chi connectivity index (χ3n) is 2.49. The van der Waals surface area contributed by atoms with Crippen molar-refractivity contribution in [2.24, 2.45) is 0 Å². The SMILES string of the molecule is CC(C)c1ccc(-c2ccc(I)cc2)[nH]1. The summed E-state index contributed by atoms with van der Waals surface area (Å²) >= 11 is 2.32. The zero-order chi connectivity index (χ0) is 10.8. The molecule has 0 saturated heterocycles. The van der Waals surface area contributed by atoms with Gasteiger partial charge < -0.3 is 4.98 Å². The lowest BCUT2D eigenvalue weighted by atomic mass is 10.1. The zero-order valence-corrected chi connectivity index (χ0v) is 11.1. The highest BCUT2D eigenvalue weighted by Crippen LogP contribution is 2.22. The maximum atomic E-state index is 3.45. The summed E-state index contributed by atoms with van der Waals surface area (Å²) in [5.74, 6) is 0.558. The molecule has 0 radical (unpaired) electrons. The van der Waals surface area contributed by atoms with Gasteiger partial charge in [0.1, 0.15) is 0 Å². The Morgan fingerprint density at radius 3 is 2.20 bits per heavy atom. The second-order valence-corrected chi connectivity index (χ2v) is 5.23. The maximum absolute atomic E-state index is 3.45. The molecule has 2 heteroatoms. The first-order valence-electron chi connectivity index (χ1n) is 5.11. The van der Waals surface area contributed by atoms with Gasteiger partial charge in [-0.25, -0.2) is 0 Å². The predicted molar refractivity (Wildman–Crippen MR) is 73.0 cm³/mol. The number of halogens is 1. The van der Waals surface area contributed by atoms with E-state index in [0.717, 1.165) is 0 Å². The van der Waals surface area contributed by atoms with Crippen LogP contribution in [0.2, 0.25) is 0 Å². The molecule has 0 atom stereocenters. The van der Waals surface area contributed by atoms with Crippen LogP contribution in [0.5, 0.6) is 0 Å². The molecule has 15 heavy (non-hydrogen) atoms. The standard InChI is InChI=1S/C13H14IN/c1-9(2)12-7-8-13(15-12)10-3-5-11(14)6-4-10/h3-9,15H,1-2H3. The number of H-pyrrole nitrogens is 1. The van der Waals surface area contributed by atoms with E-state index < -0.39 is 0 Å². The van der Waals surface area contributed by atoms with E-state index in [2.05, 4.69) is 77.8 Å².